The van der Waals surface area contributed by atoms with Crippen LogP contribution < -0.4 is 15.4 Å². The van der Waals surface area contributed by atoms with Gasteiger partial charge in [-0.2, -0.15) is 0 Å². The van der Waals surface area contributed by atoms with E-state index in [0.717, 1.165) is 11.4 Å². The van der Waals surface area contributed by atoms with Gasteiger partial charge in [0.25, 0.3) is 0 Å². The first-order chi connectivity index (χ1) is 9.42. The van der Waals surface area contributed by atoms with Crippen LogP contribution in [0, 0.1) is 0 Å². The van der Waals surface area contributed by atoms with Crippen LogP contribution in [0.3, 0.4) is 0 Å². The van der Waals surface area contributed by atoms with Crippen molar-refractivity contribution in [2.24, 2.45) is 0 Å². The van der Waals surface area contributed by atoms with Crippen LogP contribution in [0.5, 0.6) is 5.75 Å². The van der Waals surface area contributed by atoms with Crippen LogP contribution in [-0.2, 0) is 0 Å². The molecule has 1 aromatic carbocycles. The first-order valence-corrected chi connectivity index (χ1v) is 7.69. The Morgan fingerprint density at radius 3 is 2.30 bits per heavy atom. The molecular formula is C16H24N2OS. The van der Waals surface area contributed by atoms with Gasteiger partial charge in [-0.25, -0.2) is 0 Å². The van der Waals surface area contributed by atoms with Crippen molar-refractivity contribution in [1.82, 2.24) is 5.32 Å². The van der Waals surface area contributed by atoms with Crippen molar-refractivity contribution >= 4 is 23.0 Å². The van der Waals surface area contributed by atoms with Crippen LogP contribution in [0.1, 0.15) is 46.5 Å². The van der Waals surface area contributed by atoms with Crippen molar-refractivity contribution in [3.8, 4) is 5.75 Å². The second-order valence-corrected chi connectivity index (χ2v) is 6.79. The van der Waals surface area contributed by atoms with Crippen molar-refractivity contribution in [2.45, 2.75) is 58.1 Å². The van der Waals surface area contributed by atoms with Crippen molar-refractivity contribution in [3.63, 3.8) is 0 Å². The average Bonchev–Trinajstić information content (AvgIpc) is 2.82. The molecule has 0 unspecified atom stereocenters. The molecule has 0 saturated heterocycles. The van der Waals surface area contributed by atoms with E-state index in [1.165, 1.54) is 25.7 Å². The summed E-state index contributed by atoms with van der Waals surface area (Å²) < 4.78 is 5.94. The molecule has 2 rings (SSSR count). The Balaban J connectivity index is 1.86. The Bertz CT molecular complexity index is 445. The van der Waals surface area contributed by atoms with Gasteiger partial charge >= 0.3 is 0 Å². The zero-order valence-corrected chi connectivity index (χ0v) is 13.3. The van der Waals surface area contributed by atoms with E-state index < -0.39 is 0 Å². The summed E-state index contributed by atoms with van der Waals surface area (Å²) in [7, 11) is 0. The van der Waals surface area contributed by atoms with E-state index in [2.05, 4.69) is 31.4 Å². The molecule has 3 nitrogen and oxygen atoms in total. The second-order valence-electron chi connectivity index (χ2n) is 6.38. The lowest BCUT2D eigenvalue weighted by atomic mass is 10.1. The minimum Gasteiger partial charge on any atom is -0.490 e. The highest BCUT2D eigenvalue weighted by Gasteiger charge is 2.16. The molecule has 0 amide bonds. The Hall–Kier alpha value is -1.29. The molecule has 2 N–H and O–H groups in total. The summed E-state index contributed by atoms with van der Waals surface area (Å²) in [6.45, 7) is 6.25. The van der Waals surface area contributed by atoms with E-state index in [1.54, 1.807) is 0 Å². The highest BCUT2D eigenvalue weighted by Crippen LogP contribution is 2.25. The largest absolute Gasteiger partial charge is 0.490 e. The lowest BCUT2D eigenvalue weighted by Crippen LogP contribution is -2.42. The van der Waals surface area contributed by atoms with E-state index in [0.29, 0.717) is 11.2 Å². The van der Waals surface area contributed by atoms with E-state index in [-0.39, 0.29) is 5.54 Å². The van der Waals surface area contributed by atoms with Gasteiger partial charge in [-0.1, -0.05) is 0 Å². The molecule has 0 bridgehead atoms. The van der Waals surface area contributed by atoms with Gasteiger partial charge in [0.05, 0.1) is 6.10 Å². The highest BCUT2D eigenvalue weighted by atomic mass is 32.1. The molecule has 1 fully saturated rings. The molecule has 0 aromatic heterocycles. The van der Waals surface area contributed by atoms with E-state index in [9.17, 15) is 0 Å². The van der Waals surface area contributed by atoms with E-state index in [4.69, 9.17) is 17.0 Å². The summed E-state index contributed by atoms with van der Waals surface area (Å²) in [6.07, 6.45) is 5.34. The summed E-state index contributed by atoms with van der Waals surface area (Å²) in [4.78, 5) is 0. The fourth-order valence-electron chi connectivity index (χ4n) is 2.32. The third-order valence-electron chi connectivity index (χ3n) is 3.21. The molecule has 1 aliphatic carbocycles. The molecule has 20 heavy (non-hydrogen) atoms. The van der Waals surface area contributed by atoms with Crippen molar-refractivity contribution in [1.29, 1.82) is 0 Å². The highest BCUT2D eigenvalue weighted by molar-refractivity contribution is 7.80. The lowest BCUT2D eigenvalue weighted by molar-refractivity contribution is 0.210. The maximum atomic E-state index is 5.94. The second kappa shape index (κ2) is 6.44. The van der Waals surface area contributed by atoms with E-state index >= 15 is 0 Å². The van der Waals surface area contributed by atoms with Gasteiger partial charge in [0.2, 0.25) is 0 Å². The number of rotatable bonds is 3. The molecule has 4 heteroatoms. The predicted molar refractivity (Wildman–Crippen MR) is 88.4 cm³/mol. The Morgan fingerprint density at radius 2 is 1.75 bits per heavy atom. The maximum Gasteiger partial charge on any atom is 0.171 e. The minimum atomic E-state index is -0.0321. The third kappa shape index (κ3) is 5.00. The quantitative estimate of drug-likeness (QED) is 0.822. The molecule has 0 aliphatic heterocycles. The molecule has 1 aliphatic rings. The maximum absolute atomic E-state index is 5.94. The van der Waals surface area contributed by atoms with Gasteiger partial charge in [0, 0.05) is 11.2 Å². The van der Waals surface area contributed by atoms with Gasteiger partial charge in [0.1, 0.15) is 5.75 Å². The fraction of sp³-hybridized carbons (Fsp3) is 0.562. The zero-order chi connectivity index (χ0) is 14.6. The topological polar surface area (TPSA) is 33.3 Å². The molecule has 0 atom stereocenters. The van der Waals surface area contributed by atoms with Crippen LogP contribution in [0.2, 0.25) is 0 Å². The first-order valence-electron chi connectivity index (χ1n) is 7.28. The Kier molecular flexibility index (Phi) is 4.86. The molecule has 0 spiro atoms. The monoisotopic (exact) mass is 292 g/mol. The number of benzene rings is 1. The summed E-state index contributed by atoms with van der Waals surface area (Å²) in [5.41, 5.74) is 0.945. The number of ether oxygens (including phenoxy) is 1. The zero-order valence-electron chi connectivity index (χ0n) is 12.5. The average molecular weight is 292 g/mol. The van der Waals surface area contributed by atoms with Crippen LogP contribution in [0.25, 0.3) is 0 Å². The number of nitrogens with one attached hydrogen (secondary N) is 2. The van der Waals surface area contributed by atoms with Crippen molar-refractivity contribution in [2.75, 3.05) is 5.32 Å². The van der Waals surface area contributed by atoms with Gasteiger partial charge in [-0.3, -0.25) is 0 Å². The van der Waals surface area contributed by atoms with Crippen LogP contribution in [0.15, 0.2) is 24.3 Å². The SMILES string of the molecule is CC(C)(C)NC(=S)Nc1ccc(OC2CCCC2)cc1. The third-order valence-corrected chi connectivity index (χ3v) is 3.41. The van der Waals surface area contributed by atoms with Gasteiger partial charge in [-0.15, -0.1) is 0 Å². The molecule has 1 aromatic rings. The van der Waals surface area contributed by atoms with Crippen molar-refractivity contribution in [3.05, 3.63) is 24.3 Å². The molecule has 110 valence electrons. The molecule has 0 radical (unpaired) electrons. The normalized spacial score (nSPS) is 15.9. The van der Waals surface area contributed by atoms with Gasteiger partial charge < -0.3 is 15.4 Å². The van der Waals surface area contributed by atoms with Gasteiger partial charge in [-0.05, 0) is 82.9 Å². The summed E-state index contributed by atoms with van der Waals surface area (Å²) >= 11 is 5.28. The molecule has 0 heterocycles. The molecule has 1 saturated carbocycles. The number of thiocarbonyl (C=S) groups is 1. The number of hydrogen-bond donors (Lipinski definition) is 2. The van der Waals surface area contributed by atoms with Crippen molar-refractivity contribution < 1.29 is 4.74 Å². The van der Waals surface area contributed by atoms with Gasteiger partial charge in [0.15, 0.2) is 5.11 Å². The summed E-state index contributed by atoms with van der Waals surface area (Å²) in [6, 6.07) is 8.00. The number of hydrogen-bond acceptors (Lipinski definition) is 2. The standard InChI is InChI=1S/C16H24N2OS/c1-16(2,3)18-15(20)17-12-8-10-14(11-9-12)19-13-6-4-5-7-13/h8-11,13H,4-7H2,1-3H3,(H2,17,18,20). The smallest absolute Gasteiger partial charge is 0.171 e. The first kappa shape index (κ1) is 15.1. The Morgan fingerprint density at radius 1 is 1.15 bits per heavy atom. The molecular weight excluding hydrogens is 268 g/mol. The number of anilines is 1. The summed E-state index contributed by atoms with van der Waals surface area (Å²) in [5.74, 6) is 0.942. The van der Waals surface area contributed by atoms with Crippen LogP contribution >= 0.6 is 12.2 Å². The fourth-order valence-corrected chi connectivity index (χ4v) is 2.74. The lowest BCUT2D eigenvalue weighted by Gasteiger charge is -2.23. The Labute approximate surface area is 127 Å². The summed E-state index contributed by atoms with van der Waals surface area (Å²) in [5, 5.41) is 7.05. The van der Waals surface area contributed by atoms with Crippen LogP contribution in [-0.4, -0.2) is 16.8 Å². The minimum absolute atomic E-state index is 0.0321. The van der Waals surface area contributed by atoms with E-state index in [1.807, 2.05) is 24.3 Å². The van der Waals surface area contributed by atoms with Crippen LogP contribution in [0.4, 0.5) is 5.69 Å². The predicted octanol–water partition coefficient (Wildman–Crippen LogP) is 4.09.